The summed E-state index contributed by atoms with van der Waals surface area (Å²) >= 11 is 6.19. The number of nitrogens with zero attached hydrogens (tertiary/aromatic N) is 2. The molecule has 5 aromatic rings. The number of benzene rings is 5. The standard InChI is InChI=1S/C41H42ClN3O5S/c1-3-4-27-43-41(47)39(28-32-11-7-5-8-12-32)44(29-33-17-19-34(42)20-18-33)40(46)30-45(51(48,49)38-25-15-31(2)16-26-38)35-21-23-37(24-22-35)50-36-13-9-6-10-14-36/h5-26,39H,3-4,27-30H2,1-2H3,(H,43,47)/t39-/m0/s1. The lowest BCUT2D eigenvalue weighted by Gasteiger charge is -2.34. The van der Waals surface area contributed by atoms with Crippen molar-refractivity contribution in [2.75, 3.05) is 17.4 Å². The number of carbonyl (C=O) groups excluding carboxylic acids is 2. The molecule has 1 N–H and O–H groups in total. The molecule has 1 atom stereocenters. The molecule has 8 nitrogen and oxygen atoms in total. The summed E-state index contributed by atoms with van der Waals surface area (Å²) in [5, 5.41) is 3.54. The van der Waals surface area contributed by atoms with Crippen molar-refractivity contribution in [3.8, 4) is 11.5 Å². The van der Waals surface area contributed by atoms with Crippen LogP contribution in [0.5, 0.6) is 11.5 Å². The summed E-state index contributed by atoms with van der Waals surface area (Å²) in [5.74, 6) is 0.269. The van der Waals surface area contributed by atoms with Gasteiger partial charge < -0.3 is 15.0 Å². The van der Waals surface area contributed by atoms with Crippen LogP contribution in [0.4, 0.5) is 5.69 Å². The van der Waals surface area contributed by atoms with Crippen molar-refractivity contribution in [3.05, 3.63) is 155 Å². The van der Waals surface area contributed by atoms with E-state index in [-0.39, 0.29) is 29.5 Å². The van der Waals surface area contributed by atoms with E-state index in [2.05, 4.69) is 5.32 Å². The predicted molar refractivity (Wildman–Crippen MR) is 203 cm³/mol. The maximum Gasteiger partial charge on any atom is 0.264 e. The van der Waals surface area contributed by atoms with Gasteiger partial charge in [0.2, 0.25) is 11.8 Å². The largest absolute Gasteiger partial charge is 0.457 e. The molecule has 2 amide bonds. The van der Waals surface area contributed by atoms with Gasteiger partial charge in [0, 0.05) is 24.5 Å². The molecule has 0 aromatic heterocycles. The SMILES string of the molecule is CCCCNC(=O)[C@H](Cc1ccccc1)N(Cc1ccc(Cl)cc1)C(=O)CN(c1ccc(Oc2ccccc2)cc1)S(=O)(=O)c1ccc(C)cc1. The minimum Gasteiger partial charge on any atom is -0.457 e. The van der Waals surface area contributed by atoms with Gasteiger partial charge in [-0.3, -0.25) is 13.9 Å². The normalized spacial score (nSPS) is 11.7. The van der Waals surface area contributed by atoms with Crippen LogP contribution in [0.3, 0.4) is 0 Å². The molecule has 0 aliphatic heterocycles. The van der Waals surface area contributed by atoms with Crippen LogP contribution in [0.15, 0.2) is 138 Å². The molecule has 0 aliphatic carbocycles. The fraction of sp³-hybridized carbons (Fsp3) is 0.220. The number of unbranched alkanes of at least 4 members (excludes halogenated alkanes) is 1. The smallest absolute Gasteiger partial charge is 0.264 e. The number of hydrogen-bond acceptors (Lipinski definition) is 5. The molecule has 0 bridgehead atoms. The van der Waals surface area contributed by atoms with Crippen LogP contribution >= 0.6 is 11.6 Å². The van der Waals surface area contributed by atoms with Crippen LogP contribution in [-0.4, -0.2) is 44.3 Å². The zero-order chi connectivity index (χ0) is 36.2. The van der Waals surface area contributed by atoms with E-state index in [1.807, 2.05) is 74.5 Å². The zero-order valence-corrected chi connectivity index (χ0v) is 30.3. The summed E-state index contributed by atoms with van der Waals surface area (Å²) in [6.45, 7) is 3.85. The van der Waals surface area contributed by atoms with Crippen molar-refractivity contribution in [3.63, 3.8) is 0 Å². The number of nitrogens with one attached hydrogen (secondary N) is 1. The van der Waals surface area contributed by atoms with Crippen LogP contribution in [0.2, 0.25) is 5.02 Å². The molecule has 0 spiro atoms. The molecule has 264 valence electrons. The maximum atomic E-state index is 14.7. The van der Waals surface area contributed by atoms with Crippen LogP contribution in [0, 0.1) is 6.92 Å². The van der Waals surface area contributed by atoms with Crippen LogP contribution < -0.4 is 14.4 Å². The Hall–Kier alpha value is -5.12. The molecule has 0 heterocycles. The fourth-order valence-corrected chi connectivity index (χ4v) is 7.06. The minimum absolute atomic E-state index is 0.0351. The second kappa shape index (κ2) is 17.7. The number of carbonyl (C=O) groups is 2. The molecule has 51 heavy (non-hydrogen) atoms. The van der Waals surface area contributed by atoms with Gasteiger partial charge in [0.15, 0.2) is 0 Å². The third-order valence-electron chi connectivity index (χ3n) is 8.36. The van der Waals surface area contributed by atoms with Crippen molar-refractivity contribution in [1.29, 1.82) is 0 Å². The van der Waals surface area contributed by atoms with E-state index in [0.29, 0.717) is 23.1 Å². The number of rotatable bonds is 16. The van der Waals surface area contributed by atoms with Crippen molar-refractivity contribution in [1.82, 2.24) is 10.2 Å². The van der Waals surface area contributed by atoms with Crippen molar-refractivity contribution >= 4 is 39.1 Å². The van der Waals surface area contributed by atoms with E-state index in [1.165, 1.54) is 17.0 Å². The van der Waals surface area contributed by atoms with E-state index in [0.717, 1.165) is 33.8 Å². The first-order valence-corrected chi connectivity index (χ1v) is 18.7. The van der Waals surface area contributed by atoms with Crippen LogP contribution in [-0.2, 0) is 32.6 Å². The van der Waals surface area contributed by atoms with Gasteiger partial charge in [-0.1, -0.05) is 103 Å². The topological polar surface area (TPSA) is 96.0 Å². The van der Waals surface area contributed by atoms with Gasteiger partial charge in [-0.15, -0.1) is 0 Å². The van der Waals surface area contributed by atoms with Crippen LogP contribution in [0.25, 0.3) is 0 Å². The first-order valence-electron chi connectivity index (χ1n) is 16.9. The number of ether oxygens (including phenoxy) is 1. The van der Waals surface area contributed by atoms with Gasteiger partial charge in [-0.2, -0.15) is 0 Å². The second-order valence-corrected chi connectivity index (χ2v) is 14.5. The molecule has 0 radical (unpaired) electrons. The Kier molecular flexibility index (Phi) is 12.9. The lowest BCUT2D eigenvalue weighted by atomic mass is 10.0. The van der Waals surface area contributed by atoms with E-state index < -0.39 is 28.5 Å². The lowest BCUT2D eigenvalue weighted by molar-refractivity contribution is -0.140. The molecule has 0 fully saturated rings. The van der Waals surface area contributed by atoms with Crippen LogP contribution in [0.1, 0.15) is 36.5 Å². The van der Waals surface area contributed by atoms with E-state index in [4.69, 9.17) is 16.3 Å². The van der Waals surface area contributed by atoms with Gasteiger partial charge in [0.05, 0.1) is 10.6 Å². The Morgan fingerprint density at radius 3 is 2.00 bits per heavy atom. The number of hydrogen-bond donors (Lipinski definition) is 1. The number of anilines is 1. The molecule has 0 unspecified atom stereocenters. The molecule has 5 aromatic carbocycles. The van der Waals surface area contributed by atoms with E-state index in [9.17, 15) is 18.0 Å². The van der Waals surface area contributed by atoms with Crippen molar-refractivity contribution in [2.24, 2.45) is 0 Å². The molecule has 0 saturated heterocycles. The Balaban J connectivity index is 1.54. The Labute approximate surface area is 305 Å². The monoisotopic (exact) mass is 723 g/mol. The summed E-state index contributed by atoms with van der Waals surface area (Å²) in [6.07, 6.45) is 1.90. The third-order valence-corrected chi connectivity index (χ3v) is 10.4. The van der Waals surface area contributed by atoms with E-state index in [1.54, 1.807) is 60.7 Å². The Morgan fingerprint density at radius 2 is 1.37 bits per heavy atom. The summed E-state index contributed by atoms with van der Waals surface area (Å²) in [6, 6.07) is 37.8. The second-order valence-electron chi connectivity index (χ2n) is 12.2. The number of aryl methyl sites for hydroxylation is 1. The average Bonchev–Trinajstić information content (AvgIpc) is 3.14. The van der Waals surface area contributed by atoms with Gasteiger partial charge in [-0.05, 0) is 85.1 Å². The number of halogens is 1. The molecular formula is C41H42ClN3O5S. The predicted octanol–water partition coefficient (Wildman–Crippen LogP) is 8.19. The highest BCUT2D eigenvalue weighted by molar-refractivity contribution is 7.92. The van der Waals surface area contributed by atoms with Gasteiger partial charge in [0.1, 0.15) is 24.1 Å². The quantitative estimate of drug-likeness (QED) is 0.104. The summed E-state index contributed by atoms with van der Waals surface area (Å²) in [7, 11) is -4.25. The molecular weight excluding hydrogens is 682 g/mol. The highest BCUT2D eigenvalue weighted by Crippen LogP contribution is 2.29. The Bertz CT molecular complexity index is 1970. The summed E-state index contributed by atoms with van der Waals surface area (Å²) in [4.78, 5) is 30.1. The van der Waals surface area contributed by atoms with Gasteiger partial charge in [0.25, 0.3) is 10.0 Å². The average molecular weight is 724 g/mol. The zero-order valence-electron chi connectivity index (χ0n) is 28.7. The van der Waals surface area contributed by atoms with Crippen molar-refractivity contribution in [2.45, 2.75) is 50.6 Å². The molecule has 0 saturated carbocycles. The number of amides is 2. The molecule has 0 aliphatic rings. The summed E-state index contributed by atoms with van der Waals surface area (Å²) < 4.78 is 35.8. The third kappa shape index (κ3) is 10.2. The number of para-hydroxylation sites is 1. The first kappa shape index (κ1) is 37.1. The molecule has 5 rings (SSSR count). The maximum absolute atomic E-state index is 14.7. The molecule has 10 heteroatoms. The number of sulfonamides is 1. The lowest BCUT2D eigenvalue weighted by Crippen LogP contribution is -2.53. The summed E-state index contributed by atoms with van der Waals surface area (Å²) in [5.41, 5.74) is 2.76. The fourth-order valence-electron chi connectivity index (χ4n) is 5.52. The highest BCUT2D eigenvalue weighted by Gasteiger charge is 2.34. The van der Waals surface area contributed by atoms with Crippen molar-refractivity contribution < 1.29 is 22.7 Å². The minimum atomic E-state index is -4.25. The van der Waals surface area contributed by atoms with E-state index >= 15 is 0 Å². The first-order chi connectivity index (χ1) is 24.6. The highest BCUT2D eigenvalue weighted by atomic mass is 35.5. The Morgan fingerprint density at radius 1 is 0.765 bits per heavy atom. The van der Waals surface area contributed by atoms with Gasteiger partial charge in [-0.25, -0.2) is 8.42 Å². The van der Waals surface area contributed by atoms with Gasteiger partial charge >= 0.3 is 0 Å².